The van der Waals surface area contributed by atoms with Gasteiger partial charge in [0.25, 0.3) is 0 Å². The van der Waals surface area contributed by atoms with Crippen molar-refractivity contribution in [2.24, 2.45) is 5.92 Å². The van der Waals surface area contributed by atoms with Crippen molar-refractivity contribution in [1.82, 2.24) is 10.3 Å². The molecule has 0 amide bonds. The largest absolute Gasteiger partial charge is 0.486 e. The number of rotatable bonds is 4. The third-order valence-electron chi connectivity index (χ3n) is 3.53. The summed E-state index contributed by atoms with van der Waals surface area (Å²) in [6.45, 7) is 2.37. The van der Waals surface area contributed by atoms with E-state index >= 15 is 0 Å². The molecule has 6 nitrogen and oxygen atoms in total. The molecule has 1 aliphatic heterocycles. The van der Waals surface area contributed by atoms with Crippen LogP contribution < -0.4 is 10.1 Å². The second kappa shape index (κ2) is 5.42. The Bertz CT molecular complexity index is 639. The van der Waals surface area contributed by atoms with Gasteiger partial charge in [0, 0.05) is 17.8 Å². The molecule has 2 heterocycles. The summed E-state index contributed by atoms with van der Waals surface area (Å²) in [4.78, 5) is 14.8. The average Bonchev–Trinajstić information content (AvgIpc) is 2.97. The molecule has 0 aliphatic carbocycles. The number of aromatic nitrogens is 1. The number of fused-ring (bicyclic) bond motifs is 1. The number of nitrogens with one attached hydrogen (secondary N) is 1. The van der Waals surface area contributed by atoms with Gasteiger partial charge in [0.2, 0.25) is 5.75 Å². The molecule has 0 bridgehead atoms. The van der Waals surface area contributed by atoms with E-state index in [1.165, 1.54) is 6.20 Å². The lowest BCUT2D eigenvalue weighted by Gasteiger charge is -2.12. The molecule has 2 aromatic rings. The lowest BCUT2D eigenvalue weighted by Crippen LogP contribution is -2.16. The Kier molecular flexibility index (Phi) is 3.47. The second-order valence-corrected chi connectivity index (χ2v) is 4.92. The fourth-order valence-corrected chi connectivity index (χ4v) is 2.45. The third kappa shape index (κ3) is 2.42. The van der Waals surface area contributed by atoms with Gasteiger partial charge in [-0.1, -0.05) is 12.1 Å². The standard InChI is InChI=1S/C14H15N3O3/c18-17(19)13-8-16-12-4-2-1-3-11(12)14(13)20-9-10-5-6-15-7-10/h1-4,8,10,15H,5-7,9H2. The lowest BCUT2D eigenvalue weighted by molar-refractivity contribution is -0.386. The maximum absolute atomic E-state index is 11.1. The van der Waals surface area contributed by atoms with Gasteiger partial charge in [0.15, 0.2) is 0 Å². The van der Waals surface area contributed by atoms with Crippen LogP contribution in [0, 0.1) is 16.0 Å². The Morgan fingerprint density at radius 1 is 1.45 bits per heavy atom. The minimum absolute atomic E-state index is 0.0744. The molecular weight excluding hydrogens is 258 g/mol. The molecule has 1 aliphatic rings. The third-order valence-corrected chi connectivity index (χ3v) is 3.53. The molecule has 3 rings (SSSR count). The number of hydrogen-bond donors (Lipinski definition) is 1. The van der Waals surface area contributed by atoms with Crippen molar-refractivity contribution in [3.8, 4) is 5.75 Å². The molecule has 1 unspecified atom stereocenters. The van der Waals surface area contributed by atoms with Gasteiger partial charge in [-0.05, 0) is 25.1 Å². The molecule has 1 aromatic heterocycles. The van der Waals surface area contributed by atoms with Gasteiger partial charge in [-0.3, -0.25) is 10.1 Å². The van der Waals surface area contributed by atoms with Crippen molar-refractivity contribution in [1.29, 1.82) is 0 Å². The molecule has 6 heteroatoms. The highest BCUT2D eigenvalue weighted by Gasteiger charge is 2.22. The Balaban J connectivity index is 1.96. The van der Waals surface area contributed by atoms with Gasteiger partial charge in [0.1, 0.15) is 6.20 Å². The van der Waals surface area contributed by atoms with Crippen molar-refractivity contribution >= 4 is 16.6 Å². The fraction of sp³-hybridized carbons (Fsp3) is 0.357. The molecule has 1 N–H and O–H groups in total. The highest BCUT2D eigenvalue weighted by molar-refractivity contribution is 5.88. The van der Waals surface area contributed by atoms with Crippen molar-refractivity contribution < 1.29 is 9.66 Å². The summed E-state index contributed by atoms with van der Waals surface area (Å²) in [5, 5.41) is 15.1. The van der Waals surface area contributed by atoms with Gasteiger partial charge in [-0.2, -0.15) is 0 Å². The van der Waals surface area contributed by atoms with Gasteiger partial charge >= 0.3 is 5.69 Å². The number of benzene rings is 1. The molecule has 0 spiro atoms. The Morgan fingerprint density at radius 2 is 2.30 bits per heavy atom. The zero-order chi connectivity index (χ0) is 13.9. The zero-order valence-corrected chi connectivity index (χ0v) is 10.9. The van der Waals surface area contributed by atoms with E-state index in [9.17, 15) is 10.1 Å². The van der Waals surface area contributed by atoms with Crippen LogP contribution in [0.1, 0.15) is 6.42 Å². The number of nitro groups is 1. The van der Waals surface area contributed by atoms with Crippen LogP contribution in [0.5, 0.6) is 5.75 Å². The highest BCUT2D eigenvalue weighted by atomic mass is 16.6. The van der Waals surface area contributed by atoms with E-state index in [1.54, 1.807) is 6.07 Å². The first-order valence-electron chi connectivity index (χ1n) is 6.61. The van der Waals surface area contributed by atoms with Crippen LogP contribution in [0.3, 0.4) is 0 Å². The number of ether oxygens (including phenoxy) is 1. The number of pyridine rings is 1. The van der Waals surface area contributed by atoms with E-state index in [-0.39, 0.29) is 5.69 Å². The van der Waals surface area contributed by atoms with E-state index in [1.807, 2.05) is 18.2 Å². The van der Waals surface area contributed by atoms with Crippen molar-refractivity contribution in [3.63, 3.8) is 0 Å². The topological polar surface area (TPSA) is 77.3 Å². The second-order valence-electron chi connectivity index (χ2n) is 4.92. The lowest BCUT2D eigenvalue weighted by atomic mass is 10.1. The smallest absolute Gasteiger partial charge is 0.329 e. The zero-order valence-electron chi connectivity index (χ0n) is 10.9. The molecular formula is C14H15N3O3. The molecule has 104 valence electrons. The minimum atomic E-state index is -0.443. The van der Waals surface area contributed by atoms with Crippen LogP contribution in [0.2, 0.25) is 0 Å². The normalized spacial score (nSPS) is 18.3. The van der Waals surface area contributed by atoms with E-state index in [0.717, 1.165) is 19.5 Å². The molecule has 1 aromatic carbocycles. The predicted molar refractivity (Wildman–Crippen MR) is 74.9 cm³/mol. The summed E-state index contributed by atoms with van der Waals surface area (Å²) in [5.41, 5.74) is 0.632. The van der Waals surface area contributed by atoms with Gasteiger partial charge in [-0.25, -0.2) is 4.98 Å². The molecule has 20 heavy (non-hydrogen) atoms. The van der Waals surface area contributed by atoms with Gasteiger partial charge in [0.05, 0.1) is 17.0 Å². The summed E-state index contributed by atoms with van der Waals surface area (Å²) in [7, 11) is 0. The summed E-state index contributed by atoms with van der Waals surface area (Å²) in [6.07, 6.45) is 2.31. The van der Waals surface area contributed by atoms with Crippen LogP contribution in [-0.2, 0) is 0 Å². The van der Waals surface area contributed by atoms with E-state index in [0.29, 0.717) is 29.2 Å². The van der Waals surface area contributed by atoms with Crippen molar-refractivity contribution in [2.45, 2.75) is 6.42 Å². The predicted octanol–water partition coefficient (Wildman–Crippen LogP) is 2.13. The SMILES string of the molecule is O=[N+]([O-])c1cnc2ccccc2c1OCC1CCNC1. The van der Waals surface area contributed by atoms with Crippen LogP contribution in [0.15, 0.2) is 30.5 Å². The summed E-state index contributed by atoms with van der Waals surface area (Å²) < 4.78 is 5.77. The molecule has 0 radical (unpaired) electrons. The van der Waals surface area contributed by atoms with Crippen LogP contribution in [0.25, 0.3) is 10.9 Å². The summed E-state index contributed by atoms with van der Waals surface area (Å²) >= 11 is 0. The Hall–Kier alpha value is -2.21. The molecule has 1 saturated heterocycles. The van der Waals surface area contributed by atoms with Crippen LogP contribution in [-0.4, -0.2) is 29.6 Å². The number of para-hydroxylation sites is 1. The summed E-state index contributed by atoms with van der Waals surface area (Å²) in [6, 6.07) is 7.31. The molecule has 1 fully saturated rings. The first kappa shape index (κ1) is 12.8. The number of hydrogen-bond acceptors (Lipinski definition) is 5. The molecule has 1 atom stereocenters. The Labute approximate surface area is 115 Å². The average molecular weight is 273 g/mol. The van der Waals surface area contributed by atoms with Gasteiger partial charge < -0.3 is 10.1 Å². The fourth-order valence-electron chi connectivity index (χ4n) is 2.45. The maximum Gasteiger partial charge on any atom is 0.329 e. The minimum Gasteiger partial charge on any atom is -0.486 e. The Morgan fingerprint density at radius 3 is 3.05 bits per heavy atom. The monoisotopic (exact) mass is 273 g/mol. The summed E-state index contributed by atoms with van der Waals surface area (Å²) in [5.74, 6) is 0.731. The van der Waals surface area contributed by atoms with Crippen molar-refractivity contribution in [3.05, 3.63) is 40.6 Å². The van der Waals surface area contributed by atoms with E-state index in [4.69, 9.17) is 4.74 Å². The first-order valence-corrected chi connectivity index (χ1v) is 6.61. The molecule has 0 saturated carbocycles. The van der Waals surface area contributed by atoms with E-state index < -0.39 is 4.92 Å². The van der Waals surface area contributed by atoms with Crippen molar-refractivity contribution in [2.75, 3.05) is 19.7 Å². The number of nitrogens with zero attached hydrogens (tertiary/aromatic N) is 2. The van der Waals surface area contributed by atoms with Crippen LogP contribution >= 0.6 is 0 Å². The highest BCUT2D eigenvalue weighted by Crippen LogP contribution is 2.34. The quantitative estimate of drug-likeness (QED) is 0.682. The van der Waals surface area contributed by atoms with E-state index in [2.05, 4.69) is 10.3 Å². The van der Waals surface area contributed by atoms with Crippen LogP contribution in [0.4, 0.5) is 5.69 Å². The maximum atomic E-state index is 11.1. The first-order chi connectivity index (χ1) is 9.75. The van der Waals surface area contributed by atoms with Gasteiger partial charge in [-0.15, -0.1) is 0 Å².